The number of fused-ring (bicyclic) bond motifs is 1. The van der Waals surface area contributed by atoms with Gasteiger partial charge in [-0.25, -0.2) is 0 Å². The number of anilines is 1. The fourth-order valence-electron chi connectivity index (χ4n) is 2.42. The number of oxime groups is 1. The number of benzene rings is 1. The smallest absolute Gasteiger partial charge is 0.276 e. The van der Waals surface area contributed by atoms with Crippen molar-refractivity contribution in [3.8, 4) is 0 Å². The number of hydrogen-bond acceptors (Lipinski definition) is 4. The summed E-state index contributed by atoms with van der Waals surface area (Å²) < 4.78 is 0. The minimum atomic E-state index is -0.147. The van der Waals surface area contributed by atoms with Gasteiger partial charge in [-0.05, 0) is 30.2 Å². The summed E-state index contributed by atoms with van der Waals surface area (Å²) in [6, 6.07) is 11.0. The van der Waals surface area contributed by atoms with Crippen LogP contribution in [0.25, 0.3) is 0 Å². The van der Waals surface area contributed by atoms with Crippen LogP contribution in [0.5, 0.6) is 0 Å². The van der Waals surface area contributed by atoms with Gasteiger partial charge in [0.1, 0.15) is 5.69 Å². The lowest BCUT2D eigenvalue weighted by Crippen LogP contribution is -2.29. The van der Waals surface area contributed by atoms with Crippen LogP contribution in [-0.2, 0) is 6.42 Å². The highest BCUT2D eigenvalue weighted by Crippen LogP contribution is 2.28. The number of amidine groups is 1. The normalized spacial score (nSPS) is 14.1. The monoisotopic (exact) mass is 282 g/mol. The fourth-order valence-corrected chi connectivity index (χ4v) is 2.42. The zero-order valence-corrected chi connectivity index (χ0v) is 11.2. The SMILES string of the molecule is NC(=NO)c1ccc(C(=O)N2CCc3ccccc32)nc1. The number of para-hydroxylation sites is 1. The lowest BCUT2D eigenvalue weighted by Gasteiger charge is -2.16. The van der Waals surface area contributed by atoms with E-state index >= 15 is 0 Å². The first kappa shape index (κ1) is 13.1. The summed E-state index contributed by atoms with van der Waals surface area (Å²) in [6.07, 6.45) is 2.27. The standard InChI is InChI=1S/C15H14N4O2/c16-14(18-21)11-5-6-12(17-9-11)15(20)19-8-7-10-3-1-2-4-13(10)19/h1-6,9,21H,7-8H2,(H2,16,18). The third kappa shape index (κ3) is 2.31. The highest BCUT2D eigenvalue weighted by molar-refractivity contribution is 6.06. The first-order chi connectivity index (χ1) is 10.2. The molecular formula is C15H14N4O2. The van der Waals surface area contributed by atoms with Gasteiger partial charge in [0.2, 0.25) is 0 Å². The van der Waals surface area contributed by atoms with Crippen LogP contribution >= 0.6 is 0 Å². The number of nitrogens with zero attached hydrogens (tertiary/aromatic N) is 3. The predicted octanol–water partition coefficient (Wildman–Crippen LogP) is 1.38. The van der Waals surface area contributed by atoms with Gasteiger partial charge in [-0.2, -0.15) is 0 Å². The van der Waals surface area contributed by atoms with E-state index in [0.717, 1.165) is 12.1 Å². The van der Waals surface area contributed by atoms with Crippen LogP contribution in [0.15, 0.2) is 47.8 Å². The van der Waals surface area contributed by atoms with Crippen LogP contribution in [0.1, 0.15) is 21.6 Å². The van der Waals surface area contributed by atoms with Crippen LogP contribution in [0.2, 0.25) is 0 Å². The van der Waals surface area contributed by atoms with Crippen molar-refractivity contribution in [2.75, 3.05) is 11.4 Å². The van der Waals surface area contributed by atoms with Crippen LogP contribution in [-0.4, -0.2) is 28.5 Å². The number of aromatic nitrogens is 1. The maximum atomic E-state index is 12.5. The average Bonchev–Trinajstić information content (AvgIpc) is 2.97. The minimum Gasteiger partial charge on any atom is -0.409 e. The molecule has 0 spiro atoms. The van der Waals surface area contributed by atoms with Crippen LogP contribution in [0.3, 0.4) is 0 Å². The highest BCUT2D eigenvalue weighted by atomic mass is 16.4. The Kier molecular flexibility index (Phi) is 3.27. The van der Waals surface area contributed by atoms with Crippen LogP contribution < -0.4 is 10.6 Å². The molecule has 106 valence electrons. The van der Waals surface area contributed by atoms with E-state index in [-0.39, 0.29) is 11.7 Å². The molecule has 1 aliphatic rings. The second-order valence-corrected chi connectivity index (χ2v) is 4.75. The van der Waals surface area contributed by atoms with Crippen LogP contribution in [0, 0.1) is 0 Å². The fraction of sp³-hybridized carbons (Fsp3) is 0.133. The Balaban J connectivity index is 1.87. The lowest BCUT2D eigenvalue weighted by molar-refractivity contribution is 0.0984. The molecule has 0 atom stereocenters. The van der Waals surface area contributed by atoms with Crippen molar-refractivity contribution in [1.82, 2.24) is 4.98 Å². The van der Waals surface area contributed by atoms with E-state index in [2.05, 4.69) is 10.1 Å². The van der Waals surface area contributed by atoms with E-state index in [9.17, 15) is 4.79 Å². The Bertz CT molecular complexity index is 710. The first-order valence-corrected chi connectivity index (χ1v) is 6.54. The molecule has 0 bridgehead atoms. The topological polar surface area (TPSA) is 91.8 Å². The van der Waals surface area contributed by atoms with Gasteiger partial charge >= 0.3 is 0 Å². The third-order valence-corrected chi connectivity index (χ3v) is 3.52. The minimum absolute atomic E-state index is 0.0342. The molecule has 0 aliphatic carbocycles. The Morgan fingerprint density at radius 2 is 2.10 bits per heavy atom. The molecule has 0 saturated heterocycles. The van der Waals surface area contributed by atoms with Gasteiger partial charge in [0.25, 0.3) is 5.91 Å². The number of pyridine rings is 1. The number of carbonyl (C=O) groups is 1. The second-order valence-electron chi connectivity index (χ2n) is 4.75. The molecule has 1 aromatic heterocycles. The van der Waals surface area contributed by atoms with Gasteiger partial charge in [-0.3, -0.25) is 9.78 Å². The van der Waals surface area contributed by atoms with Crippen molar-refractivity contribution in [3.05, 3.63) is 59.4 Å². The van der Waals surface area contributed by atoms with E-state index in [1.54, 1.807) is 17.0 Å². The van der Waals surface area contributed by atoms with Gasteiger partial charge in [-0.1, -0.05) is 23.4 Å². The molecule has 3 N–H and O–H groups in total. The molecule has 0 unspecified atom stereocenters. The maximum Gasteiger partial charge on any atom is 0.276 e. The molecule has 1 aromatic carbocycles. The van der Waals surface area contributed by atoms with Gasteiger partial charge in [0.05, 0.1) is 0 Å². The second kappa shape index (κ2) is 5.24. The number of hydrogen-bond donors (Lipinski definition) is 2. The van der Waals surface area contributed by atoms with Gasteiger partial charge in [0, 0.05) is 24.0 Å². The largest absolute Gasteiger partial charge is 0.409 e. The number of amides is 1. The van der Waals surface area contributed by atoms with Crippen LogP contribution in [0.4, 0.5) is 5.69 Å². The summed E-state index contributed by atoms with van der Waals surface area (Å²) in [6.45, 7) is 0.655. The zero-order chi connectivity index (χ0) is 14.8. The molecule has 21 heavy (non-hydrogen) atoms. The summed E-state index contributed by atoms with van der Waals surface area (Å²) in [4.78, 5) is 18.3. The summed E-state index contributed by atoms with van der Waals surface area (Å²) in [7, 11) is 0. The van der Waals surface area contributed by atoms with Crippen molar-refractivity contribution in [2.24, 2.45) is 10.9 Å². The Labute approximate surface area is 121 Å². The molecule has 2 heterocycles. The number of nitrogens with two attached hydrogens (primary N) is 1. The summed E-state index contributed by atoms with van der Waals surface area (Å²) >= 11 is 0. The van der Waals surface area contributed by atoms with Crippen molar-refractivity contribution in [3.63, 3.8) is 0 Å². The Hall–Kier alpha value is -2.89. The van der Waals surface area contributed by atoms with Gasteiger partial charge in [0.15, 0.2) is 5.84 Å². The Morgan fingerprint density at radius 1 is 1.29 bits per heavy atom. The molecular weight excluding hydrogens is 268 g/mol. The average molecular weight is 282 g/mol. The van der Waals surface area contributed by atoms with E-state index in [4.69, 9.17) is 10.9 Å². The van der Waals surface area contributed by atoms with Gasteiger partial charge in [-0.15, -0.1) is 0 Å². The van der Waals surface area contributed by atoms with E-state index < -0.39 is 0 Å². The summed E-state index contributed by atoms with van der Waals surface area (Å²) in [5, 5.41) is 11.5. The molecule has 0 fully saturated rings. The van der Waals surface area contributed by atoms with Crippen molar-refractivity contribution in [1.29, 1.82) is 0 Å². The lowest BCUT2D eigenvalue weighted by atomic mass is 10.2. The third-order valence-electron chi connectivity index (χ3n) is 3.52. The molecule has 1 amide bonds. The number of carbonyl (C=O) groups excluding carboxylic acids is 1. The van der Waals surface area contributed by atoms with Crippen molar-refractivity contribution >= 4 is 17.4 Å². The zero-order valence-electron chi connectivity index (χ0n) is 11.2. The summed E-state index contributed by atoms with van der Waals surface area (Å²) in [5.74, 6) is -0.181. The molecule has 0 saturated carbocycles. The highest BCUT2D eigenvalue weighted by Gasteiger charge is 2.25. The van der Waals surface area contributed by atoms with Crippen molar-refractivity contribution < 1.29 is 10.0 Å². The predicted molar refractivity (Wildman–Crippen MR) is 78.6 cm³/mol. The first-order valence-electron chi connectivity index (χ1n) is 6.54. The van der Waals surface area contributed by atoms with E-state index in [0.29, 0.717) is 17.8 Å². The maximum absolute atomic E-state index is 12.5. The Morgan fingerprint density at radius 3 is 2.81 bits per heavy atom. The number of rotatable bonds is 2. The molecule has 1 aliphatic heterocycles. The molecule has 6 nitrogen and oxygen atoms in total. The van der Waals surface area contributed by atoms with E-state index in [1.165, 1.54) is 11.8 Å². The molecule has 6 heteroatoms. The van der Waals surface area contributed by atoms with E-state index in [1.807, 2.05) is 24.3 Å². The summed E-state index contributed by atoms with van der Waals surface area (Å²) in [5.41, 5.74) is 8.37. The molecule has 3 rings (SSSR count). The quantitative estimate of drug-likeness (QED) is 0.377. The van der Waals surface area contributed by atoms with Crippen molar-refractivity contribution in [2.45, 2.75) is 6.42 Å². The molecule has 0 radical (unpaired) electrons. The molecule has 2 aromatic rings. The van der Waals surface area contributed by atoms with Gasteiger partial charge < -0.3 is 15.8 Å².